The number of aryl methyl sites for hydroxylation is 1. The molecule has 3 rings (SSSR count). The fourth-order valence-electron chi connectivity index (χ4n) is 2.98. The van der Waals surface area contributed by atoms with E-state index in [1.54, 1.807) is 7.11 Å². The van der Waals surface area contributed by atoms with Crippen molar-refractivity contribution in [2.75, 3.05) is 27.7 Å². The van der Waals surface area contributed by atoms with Gasteiger partial charge in [0.25, 0.3) is 0 Å². The fraction of sp³-hybridized carbons (Fsp3) is 0.318. The maximum absolute atomic E-state index is 12.4. The Morgan fingerprint density at radius 2 is 1.83 bits per heavy atom. The highest BCUT2D eigenvalue weighted by Gasteiger charge is 2.17. The summed E-state index contributed by atoms with van der Waals surface area (Å²) < 4.78 is 10.4. The van der Waals surface area contributed by atoms with Gasteiger partial charge in [-0.05, 0) is 50.8 Å². The molecular weight excluding hydrogens is 368 g/mol. The summed E-state index contributed by atoms with van der Waals surface area (Å²) in [5, 5.41) is 6.92. The number of likely N-dealkylation sites (N-methyl/N-ethyl adjacent to an activating group) is 1. The smallest absolute Gasteiger partial charge is 0.236 e. The van der Waals surface area contributed by atoms with E-state index in [1.165, 1.54) is 5.56 Å². The Hall–Kier alpha value is -3.19. The normalized spacial score (nSPS) is 12.0. The minimum Gasteiger partial charge on any atom is -0.497 e. The van der Waals surface area contributed by atoms with E-state index in [0.717, 1.165) is 16.9 Å². The highest BCUT2D eigenvalue weighted by molar-refractivity contribution is 5.77. The summed E-state index contributed by atoms with van der Waals surface area (Å²) in [5.74, 6) is 1.32. The van der Waals surface area contributed by atoms with E-state index in [4.69, 9.17) is 9.26 Å². The van der Waals surface area contributed by atoms with Crippen LogP contribution >= 0.6 is 0 Å². The second kappa shape index (κ2) is 9.34. The Bertz CT molecular complexity index is 933. The number of hydrogen-bond acceptors (Lipinski definition) is 6. The SMILES string of the molecule is COc1ccc(-c2noc(CC(=O)NCC(c3ccc(C)cc3)N(C)C)n2)cc1. The van der Waals surface area contributed by atoms with Crippen LogP contribution in [0.5, 0.6) is 5.75 Å². The molecule has 1 amide bonds. The number of carbonyl (C=O) groups is 1. The summed E-state index contributed by atoms with van der Waals surface area (Å²) in [4.78, 5) is 18.8. The standard InChI is InChI=1S/C22H26N4O3/c1-15-5-7-16(8-6-15)19(26(2)3)14-23-20(27)13-21-24-22(25-29-21)17-9-11-18(28-4)12-10-17/h5-12,19H,13-14H2,1-4H3,(H,23,27). The Kier molecular flexibility index (Phi) is 6.61. The fourth-order valence-corrected chi connectivity index (χ4v) is 2.98. The molecule has 7 nitrogen and oxygen atoms in total. The molecule has 1 heterocycles. The van der Waals surface area contributed by atoms with Gasteiger partial charge in [0.1, 0.15) is 12.2 Å². The minimum absolute atomic E-state index is 0.0389. The van der Waals surface area contributed by atoms with Gasteiger partial charge < -0.3 is 19.5 Å². The first-order valence-corrected chi connectivity index (χ1v) is 9.43. The topological polar surface area (TPSA) is 80.5 Å². The van der Waals surface area contributed by atoms with E-state index in [9.17, 15) is 4.79 Å². The highest BCUT2D eigenvalue weighted by Crippen LogP contribution is 2.20. The highest BCUT2D eigenvalue weighted by atomic mass is 16.5. The lowest BCUT2D eigenvalue weighted by atomic mass is 10.0. The van der Waals surface area contributed by atoms with Gasteiger partial charge in [0.2, 0.25) is 17.6 Å². The van der Waals surface area contributed by atoms with Crippen molar-refractivity contribution in [2.45, 2.75) is 19.4 Å². The first-order chi connectivity index (χ1) is 14.0. The maximum Gasteiger partial charge on any atom is 0.236 e. The predicted molar refractivity (Wildman–Crippen MR) is 111 cm³/mol. The monoisotopic (exact) mass is 394 g/mol. The van der Waals surface area contributed by atoms with E-state index in [1.807, 2.05) is 38.4 Å². The van der Waals surface area contributed by atoms with Crippen LogP contribution in [0.2, 0.25) is 0 Å². The summed E-state index contributed by atoms with van der Waals surface area (Å²) in [6, 6.07) is 15.7. The number of ether oxygens (including phenoxy) is 1. The molecule has 29 heavy (non-hydrogen) atoms. The number of hydrogen-bond donors (Lipinski definition) is 1. The van der Waals surface area contributed by atoms with Crippen LogP contribution in [-0.4, -0.2) is 48.7 Å². The molecular formula is C22H26N4O3. The maximum atomic E-state index is 12.4. The van der Waals surface area contributed by atoms with Gasteiger partial charge in [0.15, 0.2) is 0 Å². The van der Waals surface area contributed by atoms with Crippen molar-refractivity contribution >= 4 is 5.91 Å². The Morgan fingerprint density at radius 3 is 2.45 bits per heavy atom. The average molecular weight is 394 g/mol. The van der Waals surface area contributed by atoms with Crippen LogP contribution in [0.4, 0.5) is 0 Å². The van der Waals surface area contributed by atoms with Gasteiger partial charge in [-0.2, -0.15) is 4.98 Å². The van der Waals surface area contributed by atoms with Gasteiger partial charge in [-0.1, -0.05) is 35.0 Å². The zero-order valence-corrected chi connectivity index (χ0v) is 17.2. The summed E-state index contributed by atoms with van der Waals surface area (Å²) in [5.41, 5.74) is 3.16. The molecule has 3 aromatic rings. The van der Waals surface area contributed by atoms with Gasteiger partial charge in [0.05, 0.1) is 13.2 Å². The third kappa shape index (κ3) is 5.42. The van der Waals surface area contributed by atoms with Gasteiger partial charge in [-0.3, -0.25) is 4.79 Å². The zero-order chi connectivity index (χ0) is 20.8. The number of rotatable bonds is 8. The largest absolute Gasteiger partial charge is 0.497 e. The second-order valence-corrected chi connectivity index (χ2v) is 7.11. The van der Waals surface area contributed by atoms with Gasteiger partial charge in [0, 0.05) is 12.1 Å². The number of amides is 1. The number of methoxy groups -OCH3 is 1. The van der Waals surface area contributed by atoms with Crippen LogP contribution in [0, 0.1) is 6.92 Å². The lowest BCUT2D eigenvalue weighted by molar-refractivity contribution is -0.121. The molecule has 0 bridgehead atoms. The minimum atomic E-state index is -0.158. The molecule has 0 aliphatic rings. The number of nitrogens with zero attached hydrogens (tertiary/aromatic N) is 3. The van der Waals surface area contributed by atoms with E-state index < -0.39 is 0 Å². The van der Waals surface area contributed by atoms with Crippen molar-refractivity contribution < 1.29 is 14.1 Å². The van der Waals surface area contributed by atoms with Crippen molar-refractivity contribution in [3.05, 3.63) is 65.5 Å². The lowest BCUT2D eigenvalue weighted by Gasteiger charge is -2.25. The Labute approximate surface area is 170 Å². The third-order valence-corrected chi connectivity index (χ3v) is 4.71. The molecule has 1 unspecified atom stereocenters. The molecule has 1 N–H and O–H groups in total. The van der Waals surface area contributed by atoms with E-state index in [-0.39, 0.29) is 24.3 Å². The van der Waals surface area contributed by atoms with Crippen LogP contribution < -0.4 is 10.1 Å². The summed E-state index contributed by atoms with van der Waals surface area (Å²) in [7, 11) is 5.60. The summed E-state index contributed by atoms with van der Waals surface area (Å²) >= 11 is 0. The molecule has 0 radical (unpaired) electrons. The molecule has 0 spiro atoms. The molecule has 1 atom stereocenters. The van der Waals surface area contributed by atoms with Crippen LogP contribution in [0.1, 0.15) is 23.1 Å². The number of carbonyl (C=O) groups excluding carboxylic acids is 1. The Balaban J connectivity index is 1.58. The molecule has 0 aliphatic heterocycles. The molecule has 2 aromatic carbocycles. The average Bonchev–Trinajstić information content (AvgIpc) is 3.17. The predicted octanol–water partition coefficient (Wildman–Crippen LogP) is 3.02. The van der Waals surface area contributed by atoms with Crippen LogP contribution in [0.15, 0.2) is 53.1 Å². The van der Waals surface area contributed by atoms with Crippen LogP contribution in [-0.2, 0) is 11.2 Å². The van der Waals surface area contributed by atoms with Crippen molar-refractivity contribution in [3.8, 4) is 17.1 Å². The van der Waals surface area contributed by atoms with Crippen molar-refractivity contribution in [1.29, 1.82) is 0 Å². The molecule has 0 aliphatic carbocycles. The molecule has 7 heteroatoms. The van der Waals surface area contributed by atoms with Gasteiger partial charge in [-0.25, -0.2) is 0 Å². The van der Waals surface area contributed by atoms with E-state index in [0.29, 0.717) is 12.4 Å². The molecule has 0 saturated carbocycles. The summed E-state index contributed by atoms with van der Waals surface area (Å²) in [6.07, 6.45) is 0.0389. The first-order valence-electron chi connectivity index (χ1n) is 9.43. The summed E-state index contributed by atoms with van der Waals surface area (Å²) in [6.45, 7) is 2.55. The van der Waals surface area contributed by atoms with Gasteiger partial charge >= 0.3 is 0 Å². The van der Waals surface area contributed by atoms with E-state index >= 15 is 0 Å². The first kappa shape index (κ1) is 20.5. The lowest BCUT2D eigenvalue weighted by Crippen LogP contribution is -2.35. The number of nitrogens with one attached hydrogen (secondary N) is 1. The number of aromatic nitrogens is 2. The molecule has 152 valence electrons. The van der Waals surface area contributed by atoms with Crippen molar-refractivity contribution in [3.63, 3.8) is 0 Å². The van der Waals surface area contributed by atoms with E-state index in [2.05, 4.69) is 51.5 Å². The molecule has 0 fully saturated rings. The van der Waals surface area contributed by atoms with Crippen LogP contribution in [0.25, 0.3) is 11.4 Å². The van der Waals surface area contributed by atoms with Crippen molar-refractivity contribution in [2.24, 2.45) is 0 Å². The van der Waals surface area contributed by atoms with Crippen molar-refractivity contribution in [1.82, 2.24) is 20.4 Å². The Morgan fingerprint density at radius 1 is 1.14 bits per heavy atom. The quantitative estimate of drug-likeness (QED) is 0.633. The third-order valence-electron chi connectivity index (χ3n) is 4.71. The second-order valence-electron chi connectivity index (χ2n) is 7.11. The van der Waals surface area contributed by atoms with Crippen LogP contribution in [0.3, 0.4) is 0 Å². The zero-order valence-electron chi connectivity index (χ0n) is 17.2. The molecule has 0 saturated heterocycles. The van der Waals surface area contributed by atoms with Gasteiger partial charge in [-0.15, -0.1) is 0 Å². The number of benzene rings is 2. The molecule has 1 aromatic heterocycles.